The zero-order valence-corrected chi connectivity index (χ0v) is 16.6. The van der Waals surface area contributed by atoms with Crippen molar-refractivity contribution in [1.29, 1.82) is 0 Å². The summed E-state index contributed by atoms with van der Waals surface area (Å²) >= 11 is 5.97. The summed E-state index contributed by atoms with van der Waals surface area (Å²) in [6.45, 7) is -0.426. The van der Waals surface area contributed by atoms with Gasteiger partial charge in [0.25, 0.3) is 5.91 Å². The number of benzene rings is 3. The van der Waals surface area contributed by atoms with Crippen LogP contribution in [0.4, 0.5) is 5.69 Å². The molecule has 0 atom stereocenters. The van der Waals surface area contributed by atoms with Gasteiger partial charge in [-0.1, -0.05) is 72.3 Å². The van der Waals surface area contributed by atoms with Gasteiger partial charge in [0, 0.05) is 5.02 Å². The van der Waals surface area contributed by atoms with Crippen molar-refractivity contribution in [3.05, 3.63) is 95.0 Å². The Morgan fingerprint density at radius 1 is 0.931 bits per heavy atom. The van der Waals surface area contributed by atoms with E-state index >= 15 is 0 Å². The lowest BCUT2D eigenvalue weighted by molar-refractivity contribution is -0.147. The molecular weight excluding hydrogens is 390 g/mol. The van der Waals surface area contributed by atoms with Gasteiger partial charge in [0.05, 0.1) is 12.8 Å². The highest BCUT2D eigenvalue weighted by molar-refractivity contribution is 6.31. The Labute approximate surface area is 174 Å². The number of anilines is 1. The Kier molecular flexibility index (Phi) is 6.87. The molecule has 1 amide bonds. The first-order valence-corrected chi connectivity index (χ1v) is 9.36. The number of rotatable bonds is 7. The lowest BCUT2D eigenvalue weighted by atomic mass is 9.91. The molecular formula is C23H20ClNO4. The molecule has 6 heteroatoms. The number of amides is 1. The van der Waals surface area contributed by atoms with Crippen LogP contribution >= 0.6 is 11.6 Å². The molecule has 3 aromatic carbocycles. The Balaban J connectivity index is 1.71. The second kappa shape index (κ2) is 9.75. The third-order valence-electron chi connectivity index (χ3n) is 4.28. The van der Waals surface area contributed by atoms with E-state index in [1.54, 1.807) is 18.2 Å². The average molecular weight is 410 g/mol. The molecule has 0 aliphatic rings. The lowest BCUT2D eigenvalue weighted by Crippen LogP contribution is -2.24. The van der Waals surface area contributed by atoms with Gasteiger partial charge in [-0.05, 0) is 29.3 Å². The SMILES string of the molecule is COc1ccc(Cl)cc1NC(=O)COC(=O)C(c1ccccc1)c1ccccc1. The molecule has 1 N–H and O–H groups in total. The molecule has 0 saturated heterocycles. The molecule has 3 rings (SSSR count). The molecule has 0 aliphatic carbocycles. The summed E-state index contributed by atoms with van der Waals surface area (Å²) in [6.07, 6.45) is 0. The van der Waals surface area contributed by atoms with Crippen molar-refractivity contribution >= 4 is 29.2 Å². The van der Waals surface area contributed by atoms with Crippen LogP contribution < -0.4 is 10.1 Å². The van der Waals surface area contributed by atoms with Crippen molar-refractivity contribution in [2.75, 3.05) is 19.0 Å². The van der Waals surface area contributed by atoms with E-state index in [9.17, 15) is 9.59 Å². The minimum atomic E-state index is -0.620. The minimum Gasteiger partial charge on any atom is -0.495 e. The normalized spacial score (nSPS) is 10.4. The van der Waals surface area contributed by atoms with Gasteiger partial charge in [0.15, 0.2) is 6.61 Å². The third-order valence-corrected chi connectivity index (χ3v) is 4.52. The van der Waals surface area contributed by atoms with Crippen LogP contribution in [-0.2, 0) is 14.3 Å². The molecule has 0 aromatic heterocycles. The van der Waals surface area contributed by atoms with E-state index in [4.69, 9.17) is 21.1 Å². The molecule has 0 saturated carbocycles. The molecule has 5 nitrogen and oxygen atoms in total. The molecule has 0 unspecified atom stereocenters. The van der Waals surface area contributed by atoms with Gasteiger partial charge in [-0.3, -0.25) is 9.59 Å². The Hall–Kier alpha value is -3.31. The van der Waals surface area contributed by atoms with E-state index in [0.717, 1.165) is 11.1 Å². The summed E-state index contributed by atoms with van der Waals surface area (Å²) < 4.78 is 10.5. The van der Waals surface area contributed by atoms with E-state index in [1.165, 1.54) is 7.11 Å². The molecule has 148 valence electrons. The molecule has 3 aromatic rings. The van der Waals surface area contributed by atoms with Crippen molar-refractivity contribution in [3.8, 4) is 5.75 Å². The highest BCUT2D eigenvalue weighted by Crippen LogP contribution is 2.28. The Morgan fingerprint density at radius 2 is 1.52 bits per heavy atom. The van der Waals surface area contributed by atoms with Gasteiger partial charge in [-0.2, -0.15) is 0 Å². The maximum Gasteiger partial charge on any atom is 0.318 e. The lowest BCUT2D eigenvalue weighted by Gasteiger charge is -2.17. The fraction of sp³-hybridized carbons (Fsp3) is 0.130. The van der Waals surface area contributed by atoms with Crippen LogP contribution in [-0.4, -0.2) is 25.6 Å². The van der Waals surface area contributed by atoms with Crippen LogP contribution in [0.2, 0.25) is 5.02 Å². The highest BCUT2D eigenvalue weighted by Gasteiger charge is 2.25. The fourth-order valence-electron chi connectivity index (χ4n) is 2.94. The zero-order chi connectivity index (χ0) is 20.6. The van der Waals surface area contributed by atoms with Crippen LogP contribution in [0, 0.1) is 0 Å². The second-order valence-electron chi connectivity index (χ2n) is 6.25. The number of nitrogens with one attached hydrogen (secondary N) is 1. The third kappa shape index (κ3) is 5.36. The maximum absolute atomic E-state index is 12.8. The van der Waals surface area contributed by atoms with Crippen LogP contribution in [0.1, 0.15) is 17.0 Å². The first-order valence-electron chi connectivity index (χ1n) is 8.98. The number of hydrogen-bond donors (Lipinski definition) is 1. The van der Waals surface area contributed by atoms with Crippen molar-refractivity contribution < 1.29 is 19.1 Å². The molecule has 0 spiro atoms. The van der Waals surface area contributed by atoms with Crippen molar-refractivity contribution in [3.63, 3.8) is 0 Å². The van der Waals surface area contributed by atoms with Gasteiger partial charge in [0.1, 0.15) is 11.7 Å². The first-order chi connectivity index (χ1) is 14.1. The largest absolute Gasteiger partial charge is 0.495 e. The predicted molar refractivity (Wildman–Crippen MR) is 112 cm³/mol. The second-order valence-corrected chi connectivity index (χ2v) is 6.69. The molecule has 0 aliphatic heterocycles. The first kappa shape index (κ1) is 20.4. The van der Waals surface area contributed by atoms with Gasteiger partial charge >= 0.3 is 5.97 Å². The summed E-state index contributed by atoms with van der Waals surface area (Å²) in [4.78, 5) is 25.1. The van der Waals surface area contributed by atoms with E-state index in [-0.39, 0.29) is 0 Å². The van der Waals surface area contributed by atoms with E-state index in [0.29, 0.717) is 16.5 Å². The van der Waals surface area contributed by atoms with Crippen molar-refractivity contribution in [1.82, 2.24) is 0 Å². The molecule has 0 radical (unpaired) electrons. The zero-order valence-electron chi connectivity index (χ0n) is 15.8. The minimum absolute atomic E-state index is 0.406. The predicted octanol–water partition coefficient (Wildman–Crippen LogP) is 4.66. The van der Waals surface area contributed by atoms with Crippen LogP contribution in [0.5, 0.6) is 5.75 Å². The maximum atomic E-state index is 12.8. The van der Waals surface area contributed by atoms with Crippen LogP contribution in [0.3, 0.4) is 0 Å². The molecule has 0 heterocycles. The average Bonchev–Trinajstić information content (AvgIpc) is 2.74. The number of carbonyl (C=O) groups is 2. The van der Waals surface area contributed by atoms with Gasteiger partial charge in [-0.15, -0.1) is 0 Å². The number of halogens is 1. The van der Waals surface area contributed by atoms with E-state index < -0.39 is 24.4 Å². The monoisotopic (exact) mass is 409 g/mol. The quantitative estimate of drug-likeness (QED) is 0.576. The molecule has 29 heavy (non-hydrogen) atoms. The summed E-state index contributed by atoms with van der Waals surface area (Å²) in [5.74, 6) is -1.15. The molecule has 0 bridgehead atoms. The number of ether oxygens (including phenoxy) is 2. The molecule has 0 fully saturated rings. The van der Waals surface area contributed by atoms with Crippen molar-refractivity contribution in [2.45, 2.75) is 5.92 Å². The smallest absolute Gasteiger partial charge is 0.318 e. The summed E-state index contributed by atoms with van der Waals surface area (Å²) in [7, 11) is 1.49. The summed E-state index contributed by atoms with van der Waals surface area (Å²) in [6, 6.07) is 23.5. The van der Waals surface area contributed by atoms with E-state index in [2.05, 4.69) is 5.32 Å². The van der Waals surface area contributed by atoms with Crippen LogP contribution in [0.25, 0.3) is 0 Å². The Morgan fingerprint density at radius 3 is 2.07 bits per heavy atom. The fourth-order valence-corrected chi connectivity index (χ4v) is 3.11. The van der Waals surface area contributed by atoms with Gasteiger partial charge < -0.3 is 14.8 Å². The van der Waals surface area contributed by atoms with Gasteiger partial charge in [0.2, 0.25) is 0 Å². The highest BCUT2D eigenvalue weighted by atomic mass is 35.5. The number of esters is 1. The standard InChI is InChI=1S/C23H20ClNO4/c1-28-20-13-12-18(24)14-19(20)25-21(26)15-29-23(27)22(16-8-4-2-5-9-16)17-10-6-3-7-11-17/h2-14,22H,15H2,1H3,(H,25,26). The summed E-state index contributed by atoms with van der Waals surface area (Å²) in [5, 5.41) is 3.10. The summed E-state index contributed by atoms with van der Waals surface area (Å²) in [5.41, 5.74) is 1.99. The van der Waals surface area contributed by atoms with Crippen molar-refractivity contribution in [2.24, 2.45) is 0 Å². The van der Waals surface area contributed by atoms with Crippen LogP contribution in [0.15, 0.2) is 78.9 Å². The number of carbonyl (C=O) groups excluding carboxylic acids is 2. The topological polar surface area (TPSA) is 64.6 Å². The van der Waals surface area contributed by atoms with Gasteiger partial charge in [-0.25, -0.2) is 0 Å². The van der Waals surface area contributed by atoms with E-state index in [1.807, 2.05) is 60.7 Å². The number of methoxy groups -OCH3 is 1. The number of hydrogen-bond acceptors (Lipinski definition) is 4. The Bertz CT molecular complexity index is 937.